The van der Waals surface area contributed by atoms with Crippen molar-refractivity contribution in [1.82, 2.24) is 5.43 Å². The van der Waals surface area contributed by atoms with Crippen molar-refractivity contribution in [1.29, 1.82) is 0 Å². The smallest absolute Gasteiger partial charge is 0.267 e. The van der Waals surface area contributed by atoms with Gasteiger partial charge in [0, 0.05) is 0 Å². The first-order chi connectivity index (χ1) is 9.10. The molecule has 3 rings (SSSR count). The second-order valence-electron chi connectivity index (χ2n) is 4.04. The van der Waals surface area contributed by atoms with E-state index in [1.54, 1.807) is 42.5 Å². The molecule has 0 bridgehead atoms. The lowest BCUT2D eigenvalue weighted by atomic mass is 10.2. The van der Waals surface area contributed by atoms with Gasteiger partial charge in [-0.15, -0.1) is 0 Å². The van der Waals surface area contributed by atoms with Crippen molar-refractivity contribution in [3.8, 4) is 0 Å². The van der Waals surface area contributed by atoms with Crippen molar-refractivity contribution in [3.63, 3.8) is 0 Å². The molecule has 6 heteroatoms. The number of amides is 1. The van der Waals surface area contributed by atoms with Crippen LogP contribution < -0.4 is 9.84 Å². The van der Waals surface area contributed by atoms with Crippen LogP contribution in [0.5, 0.6) is 0 Å². The molecule has 0 atom stereocenters. The molecule has 1 amide bonds. The number of fused-ring (bicyclic) bond motifs is 1. The molecule has 0 saturated carbocycles. The molecule has 2 aromatic carbocycles. The van der Waals surface area contributed by atoms with Crippen LogP contribution in [0.4, 0.5) is 5.69 Å². The van der Waals surface area contributed by atoms with Crippen molar-refractivity contribution in [2.24, 2.45) is 0 Å². The van der Waals surface area contributed by atoms with Gasteiger partial charge in [0.15, 0.2) is 0 Å². The number of anilines is 1. The Morgan fingerprint density at radius 2 is 1.53 bits per heavy atom. The molecule has 0 spiro atoms. The number of carbonyl (C=O) groups excluding carboxylic acids is 1. The number of hydrogen-bond acceptors (Lipinski definition) is 3. The van der Waals surface area contributed by atoms with Crippen LogP contribution in [0.15, 0.2) is 59.5 Å². The zero-order valence-corrected chi connectivity index (χ0v) is 10.6. The van der Waals surface area contributed by atoms with Crippen LogP contribution in [-0.4, -0.2) is 14.3 Å². The summed E-state index contributed by atoms with van der Waals surface area (Å²) in [7, 11) is -3.77. The van der Waals surface area contributed by atoms with Gasteiger partial charge in [0.25, 0.3) is 15.9 Å². The van der Waals surface area contributed by atoms with Gasteiger partial charge in [0.05, 0.1) is 11.3 Å². The second kappa shape index (κ2) is 4.10. The van der Waals surface area contributed by atoms with E-state index in [9.17, 15) is 13.2 Å². The van der Waals surface area contributed by atoms with Crippen LogP contribution in [0.25, 0.3) is 0 Å². The molecule has 5 nitrogen and oxygen atoms in total. The Labute approximate surface area is 110 Å². The summed E-state index contributed by atoms with van der Waals surface area (Å²) in [5.74, 6) is -0.436. The first kappa shape index (κ1) is 11.7. The number of hydrogen-bond donors (Lipinski definition) is 1. The number of rotatable bonds is 1. The fraction of sp³-hybridized carbons (Fsp3) is 0. The second-order valence-corrected chi connectivity index (χ2v) is 5.80. The van der Waals surface area contributed by atoms with Crippen LogP contribution in [0.1, 0.15) is 10.4 Å². The van der Waals surface area contributed by atoms with Crippen molar-refractivity contribution < 1.29 is 13.2 Å². The van der Waals surface area contributed by atoms with Crippen LogP contribution in [0, 0.1) is 0 Å². The largest absolute Gasteiger partial charge is 0.282 e. The molecular weight excluding hydrogens is 264 g/mol. The van der Waals surface area contributed by atoms with E-state index in [0.717, 1.165) is 4.41 Å². The minimum absolute atomic E-state index is 0.0163. The molecule has 0 radical (unpaired) electrons. The lowest BCUT2D eigenvalue weighted by Crippen LogP contribution is -2.50. The van der Waals surface area contributed by atoms with Gasteiger partial charge in [-0.3, -0.25) is 4.79 Å². The molecule has 96 valence electrons. The van der Waals surface area contributed by atoms with Gasteiger partial charge in [-0.2, -0.15) is 12.8 Å². The maximum atomic E-state index is 12.5. The van der Waals surface area contributed by atoms with Crippen molar-refractivity contribution >= 4 is 21.6 Å². The summed E-state index contributed by atoms with van der Waals surface area (Å²) in [6, 6.07) is 14.6. The normalized spacial score (nSPS) is 16.6. The van der Waals surface area contributed by atoms with Crippen molar-refractivity contribution in [2.45, 2.75) is 4.90 Å². The van der Waals surface area contributed by atoms with Gasteiger partial charge >= 0.3 is 0 Å². The summed E-state index contributed by atoms with van der Waals surface area (Å²) >= 11 is 0. The number of hydrazine groups is 1. The first-order valence-electron chi connectivity index (χ1n) is 5.61. The predicted octanol–water partition coefficient (Wildman–Crippen LogP) is 1.54. The fourth-order valence-electron chi connectivity index (χ4n) is 1.96. The molecular formula is C13H10N2O3S. The Hall–Kier alpha value is -2.34. The maximum Gasteiger partial charge on any atom is 0.282 e. The lowest BCUT2D eigenvalue weighted by Gasteiger charge is -2.29. The number of benzene rings is 2. The van der Waals surface area contributed by atoms with E-state index in [0.29, 0.717) is 5.69 Å². The minimum Gasteiger partial charge on any atom is -0.267 e. The zero-order chi connectivity index (χ0) is 13.5. The van der Waals surface area contributed by atoms with Crippen LogP contribution in [0.3, 0.4) is 0 Å². The molecule has 19 heavy (non-hydrogen) atoms. The highest BCUT2D eigenvalue weighted by Gasteiger charge is 2.35. The Morgan fingerprint density at radius 3 is 2.26 bits per heavy atom. The molecule has 1 N–H and O–H groups in total. The summed E-state index contributed by atoms with van der Waals surface area (Å²) in [6.07, 6.45) is 0. The molecule has 0 unspecified atom stereocenters. The Morgan fingerprint density at radius 1 is 0.895 bits per heavy atom. The standard InChI is InChI=1S/C13H10N2O3S/c16-13-11-8-4-5-9-12(11)19(17,18)15(14-13)10-6-2-1-3-7-10/h1-9H,(H,14,16). The Bertz CT molecular complexity index is 741. The first-order valence-corrected chi connectivity index (χ1v) is 7.05. The molecule has 2 aromatic rings. The number of nitrogens with zero attached hydrogens (tertiary/aromatic N) is 1. The number of nitrogens with one attached hydrogen (secondary N) is 1. The van der Waals surface area contributed by atoms with E-state index in [2.05, 4.69) is 5.43 Å². The van der Waals surface area contributed by atoms with E-state index >= 15 is 0 Å². The number of sulfonamides is 1. The average Bonchev–Trinajstić information content (AvgIpc) is 2.44. The van der Waals surface area contributed by atoms with Gasteiger partial charge in [0.1, 0.15) is 4.90 Å². The van der Waals surface area contributed by atoms with Gasteiger partial charge in [-0.25, -0.2) is 5.43 Å². The molecule has 1 aliphatic rings. The van der Waals surface area contributed by atoms with Crippen LogP contribution >= 0.6 is 0 Å². The summed E-state index contributed by atoms with van der Waals surface area (Å²) in [5.41, 5.74) is 2.94. The van der Waals surface area contributed by atoms with E-state index in [1.807, 2.05) is 0 Å². The SMILES string of the molecule is O=C1NN(c2ccccc2)S(=O)(=O)c2ccccc21. The monoisotopic (exact) mass is 274 g/mol. The summed E-state index contributed by atoms with van der Waals surface area (Å²) < 4.78 is 25.8. The van der Waals surface area contributed by atoms with E-state index in [1.165, 1.54) is 12.1 Å². The molecule has 0 aromatic heterocycles. The van der Waals surface area contributed by atoms with Crippen molar-refractivity contribution in [2.75, 3.05) is 4.41 Å². The minimum atomic E-state index is -3.77. The van der Waals surface area contributed by atoms with Gasteiger partial charge < -0.3 is 0 Å². The number of carbonyl (C=O) groups is 1. The Kier molecular flexibility index (Phi) is 2.53. The third kappa shape index (κ3) is 1.77. The van der Waals surface area contributed by atoms with Crippen molar-refractivity contribution in [3.05, 3.63) is 60.2 Å². The third-order valence-electron chi connectivity index (χ3n) is 2.84. The third-order valence-corrected chi connectivity index (χ3v) is 4.54. The molecule has 1 heterocycles. The van der Waals surface area contributed by atoms with Gasteiger partial charge in [0.2, 0.25) is 0 Å². The summed E-state index contributed by atoms with van der Waals surface area (Å²) in [5, 5.41) is 0. The summed E-state index contributed by atoms with van der Waals surface area (Å²) in [6.45, 7) is 0. The number of para-hydroxylation sites is 1. The molecule has 0 aliphatic carbocycles. The van der Waals surface area contributed by atoms with Crippen LogP contribution in [-0.2, 0) is 10.0 Å². The Balaban J connectivity index is 2.20. The van der Waals surface area contributed by atoms with Gasteiger partial charge in [-0.1, -0.05) is 30.3 Å². The van der Waals surface area contributed by atoms with Gasteiger partial charge in [-0.05, 0) is 24.3 Å². The fourth-order valence-corrected chi connectivity index (χ4v) is 3.44. The molecule has 1 aliphatic heterocycles. The van der Waals surface area contributed by atoms with Crippen LogP contribution in [0.2, 0.25) is 0 Å². The highest BCUT2D eigenvalue weighted by molar-refractivity contribution is 7.93. The lowest BCUT2D eigenvalue weighted by molar-refractivity contribution is 0.0948. The van der Waals surface area contributed by atoms with E-state index in [4.69, 9.17) is 0 Å². The quantitative estimate of drug-likeness (QED) is 0.857. The van der Waals surface area contributed by atoms with E-state index in [-0.39, 0.29) is 10.5 Å². The highest BCUT2D eigenvalue weighted by atomic mass is 32.2. The topological polar surface area (TPSA) is 66.5 Å². The summed E-state index contributed by atoms with van der Waals surface area (Å²) in [4.78, 5) is 12.0. The molecule has 0 fully saturated rings. The highest BCUT2D eigenvalue weighted by Crippen LogP contribution is 2.27. The molecule has 0 saturated heterocycles. The predicted molar refractivity (Wildman–Crippen MR) is 70.0 cm³/mol. The average molecular weight is 274 g/mol. The van der Waals surface area contributed by atoms with E-state index < -0.39 is 15.9 Å². The maximum absolute atomic E-state index is 12.5. The zero-order valence-electron chi connectivity index (χ0n) is 9.78.